The van der Waals surface area contributed by atoms with Crippen molar-refractivity contribution in [1.82, 2.24) is 5.32 Å². The second kappa shape index (κ2) is 7.47. The molecule has 7 heteroatoms. The molecule has 22 heavy (non-hydrogen) atoms. The van der Waals surface area contributed by atoms with E-state index in [2.05, 4.69) is 5.32 Å². The van der Waals surface area contributed by atoms with Crippen molar-refractivity contribution in [1.29, 1.82) is 0 Å². The number of aliphatic carboxylic acids is 1. The Morgan fingerprint density at radius 2 is 1.86 bits per heavy atom. The number of carbonyl (C=O) groups is 2. The van der Waals surface area contributed by atoms with Crippen LogP contribution < -0.4 is 5.32 Å². The molecule has 0 fully saturated rings. The van der Waals surface area contributed by atoms with Crippen LogP contribution in [0.2, 0.25) is 5.02 Å². The summed E-state index contributed by atoms with van der Waals surface area (Å²) in [6.45, 7) is 5.05. The van der Waals surface area contributed by atoms with Crippen LogP contribution >= 0.6 is 11.6 Å². The predicted octanol–water partition coefficient (Wildman–Crippen LogP) is 3.01. The molecule has 2 atom stereocenters. The fraction of sp³-hybridized carbons (Fsp3) is 0.467. The molecule has 0 aliphatic heterocycles. The molecule has 0 radical (unpaired) electrons. The molecular formula is C15H20ClNO5. The number of benzene rings is 1. The highest BCUT2D eigenvalue weighted by atomic mass is 35.5. The molecule has 2 unspecified atom stereocenters. The minimum Gasteiger partial charge on any atom is -0.480 e. The number of methoxy groups -OCH3 is 1. The molecule has 0 bridgehead atoms. The summed E-state index contributed by atoms with van der Waals surface area (Å²) < 4.78 is 10.3. The quantitative estimate of drug-likeness (QED) is 0.867. The van der Waals surface area contributed by atoms with E-state index in [1.165, 1.54) is 7.11 Å². The summed E-state index contributed by atoms with van der Waals surface area (Å²) in [5.41, 5.74) is -0.268. The van der Waals surface area contributed by atoms with Gasteiger partial charge >= 0.3 is 12.1 Å². The SMILES string of the molecule is COC(c1ccccc1Cl)C(NC(=O)OC(C)(C)C)C(=O)O. The number of hydrogen-bond donors (Lipinski definition) is 2. The number of ether oxygens (including phenoxy) is 2. The number of carboxylic acids is 1. The minimum atomic E-state index is -1.33. The van der Waals surface area contributed by atoms with Crippen LogP contribution in [0.4, 0.5) is 4.79 Å². The lowest BCUT2D eigenvalue weighted by Gasteiger charge is -2.26. The van der Waals surface area contributed by atoms with Gasteiger partial charge in [0.25, 0.3) is 0 Å². The number of carbonyl (C=O) groups excluding carboxylic acids is 1. The number of rotatable bonds is 5. The van der Waals surface area contributed by atoms with Gasteiger partial charge in [-0.05, 0) is 26.8 Å². The molecule has 0 aromatic heterocycles. The van der Waals surface area contributed by atoms with Gasteiger partial charge in [-0.3, -0.25) is 0 Å². The van der Waals surface area contributed by atoms with Crippen LogP contribution in [0.3, 0.4) is 0 Å². The van der Waals surface area contributed by atoms with Crippen LogP contribution in [0.25, 0.3) is 0 Å². The van der Waals surface area contributed by atoms with E-state index in [0.29, 0.717) is 10.6 Å². The monoisotopic (exact) mass is 329 g/mol. The molecule has 1 rings (SSSR count). The molecule has 0 saturated carbocycles. The van der Waals surface area contributed by atoms with Crippen LogP contribution in [0.5, 0.6) is 0 Å². The maximum Gasteiger partial charge on any atom is 0.408 e. The average Bonchev–Trinajstić information content (AvgIpc) is 2.38. The third-order valence-corrected chi connectivity index (χ3v) is 3.05. The summed E-state index contributed by atoms with van der Waals surface area (Å²) in [6.07, 6.45) is -1.78. The minimum absolute atomic E-state index is 0.353. The number of carboxylic acid groups (broad SMARTS) is 1. The lowest BCUT2D eigenvalue weighted by Crippen LogP contribution is -2.47. The summed E-state index contributed by atoms with van der Waals surface area (Å²) in [5, 5.41) is 12.0. The van der Waals surface area contributed by atoms with Gasteiger partial charge in [0.05, 0.1) is 0 Å². The Morgan fingerprint density at radius 3 is 2.32 bits per heavy atom. The van der Waals surface area contributed by atoms with Gasteiger partial charge in [0.15, 0.2) is 6.04 Å². The second-order valence-corrected chi connectivity index (χ2v) is 6.05. The molecule has 2 N–H and O–H groups in total. The Balaban J connectivity index is 3.00. The van der Waals surface area contributed by atoms with Gasteiger partial charge in [-0.2, -0.15) is 0 Å². The van der Waals surface area contributed by atoms with E-state index in [1.807, 2.05) is 0 Å². The van der Waals surface area contributed by atoms with Crippen LogP contribution in [0.15, 0.2) is 24.3 Å². The van der Waals surface area contributed by atoms with Crippen molar-refractivity contribution < 1.29 is 24.2 Å². The predicted molar refractivity (Wildman–Crippen MR) is 82.0 cm³/mol. The van der Waals surface area contributed by atoms with Crippen LogP contribution in [-0.4, -0.2) is 35.9 Å². The Hall–Kier alpha value is -1.79. The molecule has 0 saturated heterocycles. The third-order valence-electron chi connectivity index (χ3n) is 2.71. The maximum absolute atomic E-state index is 11.8. The van der Waals surface area contributed by atoms with Crippen molar-refractivity contribution >= 4 is 23.7 Å². The van der Waals surface area contributed by atoms with E-state index in [1.54, 1.807) is 45.0 Å². The Morgan fingerprint density at radius 1 is 1.27 bits per heavy atom. The lowest BCUT2D eigenvalue weighted by molar-refractivity contribution is -0.143. The van der Waals surface area contributed by atoms with Crippen LogP contribution in [-0.2, 0) is 14.3 Å². The van der Waals surface area contributed by atoms with Gasteiger partial charge in [0.2, 0.25) is 0 Å². The van der Waals surface area contributed by atoms with Crippen molar-refractivity contribution in [3.63, 3.8) is 0 Å². The van der Waals surface area contributed by atoms with Crippen LogP contribution in [0, 0.1) is 0 Å². The van der Waals surface area contributed by atoms with E-state index in [-0.39, 0.29) is 0 Å². The molecule has 0 spiro atoms. The van der Waals surface area contributed by atoms with Crippen LogP contribution in [0.1, 0.15) is 32.4 Å². The topological polar surface area (TPSA) is 84.9 Å². The van der Waals surface area contributed by atoms with Gasteiger partial charge in [-0.1, -0.05) is 29.8 Å². The first-order valence-corrected chi connectivity index (χ1v) is 7.03. The zero-order valence-corrected chi connectivity index (χ0v) is 13.7. The standard InChI is InChI=1S/C15H20ClNO5/c1-15(2,3)22-14(20)17-11(13(18)19)12(21-4)9-7-5-6-8-10(9)16/h5-8,11-12H,1-4H3,(H,17,20)(H,18,19). The van der Waals surface area contributed by atoms with E-state index < -0.39 is 29.8 Å². The highest BCUT2D eigenvalue weighted by molar-refractivity contribution is 6.31. The van der Waals surface area contributed by atoms with Gasteiger partial charge in [-0.15, -0.1) is 0 Å². The second-order valence-electron chi connectivity index (χ2n) is 5.64. The largest absolute Gasteiger partial charge is 0.480 e. The molecule has 6 nitrogen and oxygen atoms in total. The van der Waals surface area contributed by atoms with E-state index in [4.69, 9.17) is 21.1 Å². The van der Waals surface area contributed by atoms with Gasteiger partial charge in [-0.25, -0.2) is 9.59 Å². The fourth-order valence-electron chi connectivity index (χ4n) is 1.85. The Kier molecular flexibility index (Phi) is 6.20. The number of alkyl carbamates (subject to hydrolysis) is 1. The van der Waals surface area contributed by atoms with Crippen molar-refractivity contribution in [3.05, 3.63) is 34.9 Å². The zero-order valence-electron chi connectivity index (χ0n) is 12.9. The first-order valence-electron chi connectivity index (χ1n) is 6.65. The van der Waals surface area contributed by atoms with Gasteiger partial charge in [0, 0.05) is 17.7 Å². The normalized spacial score (nSPS) is 14.0. The molecule has 0 heterocycles. The first kappa shape index (κ1) is 18.3. The van der Waals surface area contributed by atoms with Gasteiger partial charge in [0.1, 0.15) is 11.7 Å². The van der Waals surface area contributed by atoms with Crippen molar-refractivity contribution in [2.24, 2.45) is 0 Å². The summed E-state index contributed by atoms with van der Waals surface area (Å²) in [7, 11) is 1.35. The van der Waals surface area contributed by atoms with E-state index in [0.717, 1.165) is 0 Å². The molecule has 0 aliphatic carbocycles. The number of nitrogens with one attached hydrogen (secondary N) is 1. The summed E-state index contributed by atoms with van der Waals surface area (Å²) >= 11 is 6.07. The highest BCUT2D eigenvalue weighted by Crippen LogP contribution is 2.28. The lowest BCUT2D eigenvalue weighted by atomic mass is 10.0. The molecule has 1 aromatic carbocycles. The third kappa shape index (κ3) is 5.20. The molecule has 1 aromatic rings. The molecule has 0 aliphatic rings. The smallest absolute Gasteiger partial charge is 0.408 e. The molecular weight excluding hydrogens is 310 g/mol. The zero-order chi connectivity index (χ0) is 16.9. The number of halogens is 1. The van der Waals surface area contributed by atoms with Crippen molar-refractivity contribution in [2.45, 2.75) is 38.5 Å². The molecule has 122 valence electrons. The maximum atomic E-state index is 11.8. The van der Waals surface area contributed by atoms with E-state index in [9.17, 15) is 14.7 Å². The first-order chi connectivity index (χ1) is 10.2. The summed E-state index contributed by atoms with van der Waals surface area (Å²) in [4.78, 5) is 23.3. The molecule has 1 amide bonds. The summed E-state index contributed by atoms with van der Waals surface area (Å²) in [6, 6.07) is 5.35. The fourth-order valence-corrected chi connectivity index (χ4v) is 2.09. The highest BCUT2D eigenvalue weighted by Gasteiger charge is 2.33. The van der Waals surface area contributed by atoms with Crippen molar-refractivity contribution in [3.8, 4) is 0 Å². The Bertz CT molecular complexity index is 541. The van der Waals surface area contributed by atoms with Gasteiger partial charge < -0.3 is 19.9 Å². The number of hydrogen-bond acceptors (Lipinski definition) is 4. The van der Waals surface area contributed by atoms with Crippen molar-refractivity contribution in [2.75, 3.05) is 7.11 Å². The Labute approximate surface area is 134 Å². The average molecular weight is 330 g/mol. The van der Waals surface area contributed by atoms with E-state index >= 15 is 0 Å². The number of amides is 1. The summed E-state index contributed by atoms with van der Waals surface area (Å²) in [5.74, 6) is -1.25.